The van der Waals surface area contributed by atoms with E-state index in [2.05, 4.69) is 39.4 Å². The maximum absolute atomic E-state index is 4.17. The highest BCUT2D eigenvalue weighted by Gasteiger charge is 2.22. The van der Waals surface area contributed by atoms with Crippen molar-refractivity contribution < 1.29 is 0 Å². The molecule has 1 atom stereocenters. The van der Waals surface area contributed by atoms with Gasteiger partial charge in [-0.2, -0.15) is 0 Å². The molecule has 0 radical (unpaired) electrons. The third-order valence-electron chi connectivity index (χ3n) is 3.28. The van der Waals surface area contributed by atoms with Gasteiger partial charge in [0.25, 0.3) is 0 Å². The van der Waals surface area contributed by atoms with Crippen molar-refractivity contribution in [2.75, 3.05) is 39.5 Å². The Labute approximate surface area is 107 Å². The summed E-state index contributed by atoms with van der Waals surface area (Å²) in [5.41, 5.74) is 0. The van der Waals surface area contributed by atoms with Crippen molar-refractivity contribution in [1.29, 1.82) is 0 Å². The summed E-state index contributed by atoms with van der Waals surface area (Å²) in [6.07, 6.45) is 2.65. The lowest BCUT2D eigenvalue weighted by Gasteiger charge is -2.24. The molecule has 0 spiro atoms. The van der Waals surface area contributed by atoms with Crippen molar-refractivity contribution in [3.63, 3.8) is 0 Å². The number of nitrogens with one attached hydrogen (secondary N) is 1. The summed E-state index contributed by atoms with van der Waals surface area (Å²) < 4.78 is 0. The minimum absolute atomic E-state index is 0.705. The number of hydrogen-bond acceptors (Lipinski definition) is 6. The van der Waals surface area contributed by atoms with E-state index in [1.54, 1.807) is 11.3 Å². The van der Waals surface area contributed by atoms with Crippen LogP contribution in [0.4, 0.5) is 5.13 Å². The van der Waals surface area contributed by atoms with Gasteiger partial charge in [0, 0.05) is 19.6 Å². The Hall–Kier alpha value is -0.720. The summed E-state index contributed by atoms with van der Waals surface area (Å²) >= 11 is 1.63. The van der Waals surface area contributed by atoms with Crippen LogP contribution in [0.2, 0.25) is 0 Å². The molecular formula is C11H21N5S. The second kappa shape index (κ2) is 5.75. The summed E-state index contributed by atoms with van der Waals surface area (Å²) in [6, 6.07) is 0.705. The van der Waals surface area contributed by atoms with Gasteiger partial charge in [-0.15, -0.1) is 10.2 Å². The zero-order valence-corrected chi connectivity index (χ0v) is 11.6. The Morgan fingerprint density at radius 2 is 2.35 bits per heavy atom. The molecule has 1 N–H and O–H groups in total. The van der Waals surface area contributed by atoms with Gasteiger partial charge in [0.05, 0.1) is 6.54 Å². The van der Waals surface area contributed by atoms with Crippen molar-refractivity contribution in [1.82, 2.24) is 20.0 Å². The maximum Gasteiger partial charge on any atom is 0.205 e. The lowest BCUT2D eigenvalue weighted by Crippen LogP contribution is -2.36. The molecule has 1 aliphatic heterocycles. The van der Waals surface area contributed by atoms with Gasteiger partial charge < -0.3 is 10.2 Å². The van der Waals surface area contributed by atoms with Crippen LogP contribution in [0.15, 0.2) is 0 Å². The first kappa shape index (κ1) is 12.7. The van der Waals surface area contributed by atoms with Crippen LogP contribution >= 0.6 is 11.3 Å². The van der Waals surface area contributed by atoms with Crippen molar-refractivity contribution in [3.8, 4) is 0 Å². The molecule has 96 valence electrons. The zero-order valence-electron chi connectivity index (χ0n) is 10.8. The summed E-state index contributed by atoms with van der Waals surface area (Å²) in [4.78, 5) is 4.79. The van der Waals surface area contributed by atoms with Crippen molar-refractivity contribution in [2.45, 2.75) is 25.4 Å². The van der Waals surface area contributed by atoms with Gasteiger partial charge in [0.2, 0.25) is 5.13 Å². The van der Waals surface area contributed by atoms with E-state index in [-0.39, 0.29) is 0 Å². The molecule has 0 bridgehead atoms. The number of anilines is 1. The largest absolute Gasteiger partial charge is 0.363 e. The Bertz CT molecular complexity index is 353. The van der Waals surface area contributed by atoms with Crippen LogP contribution in [0.1, 0.15) is 17.8 Å². The summed E-state index contributed by atoms with van der Waals surface area (Å²) in [5, 5.41) is 13.2. The number of hydrogen-bond donors (Lipinski definition) is 1. The van der Waals surface area contributed by atoms with Crippen molar-refractivity contribution in [3.05, 3.63) is 5.01 Å². The van der Waals surface area contributed by atoms with Gasteiger partial charge in [-0.25, -0.2) is 0 Å². The SMILES string of the molecule is CNc1nnc(CN(C)CC2CCCN2C)s1. The molecular weight excluding hydrogens is 234 g/mol. The molecule has 1 aromatic heterocycles. The highest BCUT2D eigenvalue weighted by atomic mass is 32.1. The zero-order chi connectivity index (χ0) is 12.3. The maximum atomic E-state index is 4.17. The highest BCUT2D eigenvalue weighted by Crippen LogP contribution is 2.18. The van der Waals surface area contributed by atoms with Gasteiger partial charge in [-0.3, -0.25) is 4.90 Å². The number of likely N-dealkylation sites (N-methyl/N-ethyl adjacent to an activating group) is 2. The molecule has 5 nitrogen and oxygen atoms in total. The highest BCUT2D eigenvalue weighted by molar-refractivity contribution is 7.15. The molecule has 1 unspecified atom stereocenters. The van der Waals surface area contributed by atoms with E-state index in [4.69, 9.17) is 0 Å². The Morgan fingerprint density at radius 3 is 2.94 bits per heavy atom. The van der Waals surface area contributed by atoms with E-state index in [0.717, 1.165) is 23.2 Å². The Balaban J connectivity index is 1.82. The Kier molecular flexibility index (Phi) is 4.31. The fraction of sp³-hybridized carbons (Fsp3) is 0.818. The second-order valence-electron chi connectivity index (χ2n) is 4.72. The minimum Gasteiger partial charge on any atom is -0.363 e. The topological polar surface area (TPSA) is 44.3 Å². The molecule has 17 heavy (non-hydrogen) atoms. The first-order valence-corrected chi connectivity index (χ1v) is 6.89. The first-order valence-electron chi connectivity index (χ1n) is 6.08. The normalized spacial score (nSPS) is 21.3. The molecule has 0 aromatic carbocycles. The molecule has 1 aliphatic rings. The number of likely N-dealkylation sites (tertiary alicyclic amines) is 1. The Morgan fingerprint density at radius 1 is 1.53 bits per heavy atom. The molecule has 2 heterocycles. The average Bonchev–Trinajstić information content (AvgIpc) is 2.89. The fourth-order valence-corrected chi connectivity index (χ4v) is 3.06. The minimum atomic E-state index is 0.705. The van der Waals surface area contributed by atoms with Crippen LogP contribution in [0.3, 0.4) is 0 Å². The van der Waals surface area contributed by atoms with Gasteiger partial charge in [0.15, 0.2) is 0 Å². The van der Waals surface area contributed by atoms with E-state index in [1.807, 2.05) is 7.05 Å². The monoisotopic (exact) mass is 255 g/mol. The summed E-state index contributed by atoms with van der Waals surface area (Å²) in [5.74, 6) is 0. The van der Waals surface area contributed by atoms with E-state index < -0.39 is 0 Å². The standard InChI is InChI=1S/C11H21N5S/c1-12-11-14-13-10(17-11)8-15(2)7-9-5-4-6-16(9)3/h9H,4-8H2,1-3H3,(H,12,14). The second-order valence-corrected chi connectivity index (χ2v) is 5.79. The number of rotatable bonds is 5. The van der Waals surface area contributed by atoms with E-state index in [0.29, 0.717) is 6.04 Å². The third kappa shape index (κ3) is 3.37. The molecule has 0 saturated carbocycles. The summed E-state index contributed by atoms with van der Waals surface area (Å²) in [7, 11) is 6.25. The van der Waals surface area contributed by atoms with E-state index in [1.165, 1.54) is 19.4 Å². The van der Waals surface area contributed by atoms with Gasteiger partial charge in [0.1, 0.15) is 5.01 Å². The van der Waals surface area contributed by atoms with Gasteiger partial charge >= 0.3 is 0 Å². The predicted molar refractivity (Wildman–Crippen MR) is 71.4 cm³/mol. The van der Waals surface area contributed by atoms with Crippen LogP contribution in [0.5, 0.6) is 0 Å². The molecule has 1 fully saturated rings. The van der Waals surface area contributed by atoms with E-state index in [9.17, 15) is 0 Å². The van der Waals surface area contributed by atoms with Crippen molar-refractivity contribution in [2.24, 2.45) is 0 Å². The van der Waals surface area contributed by atoms with Gasteiger partial charge in [-0.05, 0) is 33.5 Å². The first-order chi connectivity index (χ1) is 8.19. The fourth-order valence-electron chi connectivity index (χ4n) is 2.28. The van der Waals surface area contributed by atoms with Gasteiger partial charge in [-0.1, -0.05) is 11.3 Å². The van der Waals surface area contributed by atoms with Crippen LogP contribution in [-0.2, 0) is 6.54 Å². The van der Waals surface area contributed by atoms with Crippen LogP contribution in [0, 0.1) is 0 Å². The molecule has 0 amide bonds. The molecule has 2 rings (SSSR count). The smallest absolute Gasteiger partial charge is 0.205 e. The summed E-state index contributed by atoms with van der Waals surface area (Å²) in [6.45, 7) is 3.25. The quantitative estimate of drug-likeness (QED) is 0.854. The lowest BCUT2D eigenvalue weighted by atomic mass is 10.2. The number of aromatic nitrogens is 2. The van der Waals surface area contributed by atoms with Crippen LogP contribution in [-0.4, -0.2) is 60.3 Å². The number of nitrogens with zero attached hydrogens (tertiary/aromatic N) is 4. The van der Waals surface area contributed by atoms with Crippen LogP contribution in [0.25, 0.3) is 0 Å². The molecule has 1 aromatic rings. The predicted octanol–water partition coefficient (Wildman–Crippen LogP) is 1.11. The van der Waals surface area contributed by atoms with Crippen LogP contribution < -0.4 is 5.32 Å². The third-order valence-corrected chi connectivity index (χ3v) is 4.21. The lowest BCUT2D eigenvalue weighted by molar-refractivity contribution is 0.215. The molecule has 0 aliphatic carbocycles. The van der Waals surface area contributed by atoms with E-state index >= 15 is 0 Å². The average molecular weight is 255 g/mol. The molecule has 6 heteroatoms. The molecule has 1 saturated heterocycles. The van der Waals surface area contributed by atoms with Crippen molar-refractivity contribution >= 4 is 16.5 Å².